The Labute approximate surface area is 156 Å². The molecule has 0 bridgehead atoms. The van der Waals surface area contributed by atoms with Gasteiger partial charge in [-0.1, -0.05) is 18.0 Å². The predicted octanol–water partition coefficient (Wildman–Crippen LogP) is 3.38. The summed E-state index contributed by atoms with van der Waals surface area (Å²) in [6.45, 7) is 1.05. The number of benzene rings is 1. The number of rotatable bonds is 5. The first-order valence-electron chi connectivity index (χ1n) is 7.67. The Balaban J connectivity index is 1.78. The van der Waals surface area contributed by atoms with Crippen LogP contribution in [0.3, 0.4) is 0 Å². The van der Waals surface area contributed by atoms with Crippen LogP contribution in [0.25, 0.3) is 0 Å². The van der Waals surface area contributed by atoms with Crippen molar-refractivity contribution in [1.29, 1.82) is 0 Å². The summed E-state index contributed by atoms with van der Waals surface area (Å²) in [6, 6.07) is 8.67. The van der Waals surface area contributed by atoms with Gasteiger partial charge in [-0.05, 0) is 49.2 Å². The highest BCUT2D eigenvalue weighted by atomic mass is 35.5. The lowest BCUT2D eigenvalue weighted by Gasteiger charge is -2.25. The van der Waals surface area contributed by atoms with E-state index < -0.39 is 20.0 Å². The van der Waals surface area contributed by atoms with E-state index in [4.69, 9.17) is 11.6 Å². The zero-order chi connectivity index (χ0) is 18.1. The number of hydrogen-bond donors (Lipinski definition) is 1. The molecule has 0 spiro atoms. The summed E-state index contributed by atoms with van der Waals surface area (Å²) < 4.78 is 54.1. The van der Waals surface area contributed by atoms with Crippen LogP contribution >= 0.6 is 22.9 Å². The van der Waals surface area contributed by atoms with Crippen LogP contribution in [0, 0.1) is 0 Å². The Morgan fingerprint density at radius 3 is 2.12 bits per heavy atom. The molecule has 3 rings (SSSR count). The lowest BCUT2D eigenvalue weighted by atomic mass is 10.2. The highest BCUT2D eigenvalue weighted by Crippen LogP contribution is 2.28. The Kier molecular flexibility index (Phi) is 5.40. The summed E-state index contributed by atoms with van der Waals surface area (Å²) in [5, 5.41) is 0. The van der Waals surface area contributed by atoms with Crippen LogP contribution in [0.5, 0.6) is 0 Å². The first kappa shape index (κ1) is 18.7. The minimum Gasteiger partial charge on any atom is -0.279 e. The van der Waals surface area contributed by atoms with Gasteiger partial charge in [0.05, 0.1) is 9.23 Å². The Morgan fingerprint density at radius 1 is 0.920 bits per heavy atom. The normalized spacial score (nSPS) is 16.7. The molecular weight excluding hydrogens is 404 g/mol. The second-order valence-corrected chi connectivity index (χ2v) is 11.2. The van der Waals surface area contributed by atoms with Gasteiger partial charge in [-0.15, -0.1) is 11.3 Å². The number of hydrogen-bond acceptors (Lipinski definition) is 5. The quantitative estimate of drug-likeness (QED) is 0.803. The van der Waals surface area contributed by atoms with Crippen molar-refractivity contribution in [3.8, 4) is 0 Å². The SMILES string of the molecule is O=S(=O)(Nc1ccc(S(=O)(=O)N2CCCCC2)cc1)c1ccc(Cl)s1. The maximum absolute atomic E-state index is 12.6. The molecule has 0 radical (unpaired) electrons. The van der Waals surface area contributed by atoms with Gasteiger partial charge in [0.15, 0.2) is 0 Å². The highest BCUT2D eigenvalue weighted by Gasteiger charge is 2.26. The Morgan fingerprint density at radius 2 is 1.56 bits per heavy atom. The minimum absolute atomic E-state index is 0.0996. The molecule has 1 fully saturated rings. The first-order valence-corrected chi connectivity index (χ1v) is 11.8. The van der Waals surface area contributed by atoms with E-state index in [9.17, 15) is 16.8 Å². The van der Waals surface area contributed by atoms with Crippen molar-refractivity contribution < 1.29 is 16.8 Å². The molecule has 0 atom stereocenters. The summed E-state index contributed by atoms with van der Waals surface area (Å²) in [4.78, 5) is 0.163. The van der Waals surface area contributed by atoms with Gasteiger partial charge in [0, 0.05) is 18.8 Å². The van der Waals surface area contributed by atoms with Gasteiger partial charge in [-0.2, -0.15) is 4.31 Å². The van der Waals surface area contributed by atoms with Crippen LogP contribution < -0.4 is 4.72 Å². The van der Waals surface area contributed by atoms with Crippen LogP contribution in [0.4, 0.5) is 5.69 Å². The highest BCUT2D eigenvalue weighted by molar-refractivity contribution is 7.94. The van der Waals surface area contributed by atoms with Gasteiger partial charge in [0.25, 0.3) is 10.0 Å². The molecule has 25 heavy (non-hydrogen) atoms. The first-order chi connectivity index (χ1) is 11.8. The Bertz CT molecular complexity index is 947. The van der Waals surface area contributed by atoms with Crippen molar-refractivity contribution in [3.63, 3.8) is 0 Å². The zero-order valence-corrected chi connectivity index (χ0v) is 16.4. The van der Waals surface area contributed by atoms with Gasteiger partial charge >= 0.3 is 0 Å². The largest absolute Gasteiger partial charge is 0.279 e. The van der Waals surface area contributed by atoms with Gasteiger partial charge in [0.2, 0.25) is 10.0 Å². The number of halogens is 1. The summed E-state index contributed by atoms with van der Waals surface area (Å²) in [5.74, 6) is 0. The zero-order valence-electron chi connectivity index (χ0n) is 13.2. The van der Waals surface area contributed by atoms with Crippen molar-refractivity contribution in [1.82, 2.24) is 4.31 Å². The third kappa shape index (κ3) is 4.17. The fraction of sp³-hybridized carbons (Fsp3) is 0.333. The molecule has 1 saturated heterocycles. The number of nitrogens with zero attached hydrogens (tertiary/aromatic N) is 1. The number of nitrogens with one attached hydrogen (secondary N) is 1. The number of anilines is 1. The molecule has 0 saturated carbocycles. The number of sulfonamides is 2. The lowest BCUT2D eigenvalue weighted by molar-refractivity contribution is 0.346. The summed E-state index contributed by atoms with van der Waals surface area (Å²) in [6.07, 6.45) is 2.76. The molecule has 0 amide bonds. The Hall–Kier alpha value is -1.13. The molecule has 1 aromatic heterocycles. The molecule has 1 aliphatic rings. The molecule has 0 aliphatic carbocycles. The van der Waals surface area contributed by atoms with Gasteiger partial charge in [0.1, 0.15) is 4.21 Å². The van der Waals surface area contributed by atoms with Crippen molar-refractivity contribution in [3.05, 3.63) is 40.7 Å². The minimum atomic E-state index is -3.74. The average Bonchev–Trinajstić information content (AvgIpc) is 3.03. The monoisotopic (exact) mass is 420 g/mol. The third-order valence-corrected chi connectivity index (χ3v) is 8.89. The maximum Gasteiger partial charge on any atom is 0.271 e. The standard InChI is InChI=1S/C15H17ClN2O4S3/c16-14-8-9-15(23-14)24(19,20)17-12-4-6-13(7-5-12)25(21,22)18-10-2-1-3-11-18/h4-9,17H,1-3,10-11H2. The van der Waals surface area contributed by atoms with Crippen molar-refractivity contribution in [2.24, 2.45) is 0 Å². The lowest BCUT2D eigenvalue weighted by Crippen LogP contribution is -2.35. The van der Waals surface area contributed by atoms with Gasteiger partial charge < -0.3 is 0 Å². The van der Waals surface area contributed by atoms with E-state index in [0.29, 0.717) is 23.1 Å². The van der Waals surface area contributed by atoms with Crippen LogP contribution in [0.1, 0.15) is 19.3 Å². The van der Waals surface area contributed by atoms with E-state index in [1.54, 1.807) is 0 Å². The van der Waals surface area contributed by atoms with E-state index in [0.717, 1.165) is 30.6 Å². The van der Waals surface area contributed by atoms with Crippen LogP contribution in [-0.4, -0.2) is 34.2 Å². The molecule has 2 heterocycles. The molecule has 2 aromatic rings. The third-order valence-electron chi connectivity index (χ3n) is 3.87. The summed E-state index contributed by atoms with van der Waals surface area (Å²) >= 11 is 6.72. The molecule has 1 aromatic carbocycles. The summed E-state index contributed by atoms with van der Waals surface area (Å²) in [5.41, 5.74) is 0.294. The second-order valence-electron chi connectivity index (χ2n) is 5.65. The number of piperidine rings is 1. The van der Waals surface area contributed by atoms with E-state index >= 15 is 0 Å². The van der Waals surface area contributed by atoms with E-state index in [2.05, 4.69) is 4.72 Å². The van der Waals surface area contributed by atoms with Crippen LogP contribution in [-0.2, 0) is 20.0 Å². The molecule has 6 nitrogen and oxygen atoms in total. The average molecular weight is 421 g/mol. The molecular formula is C15H17ClN2O4S3. The topological polar surface area (TPSA) is 83.5 Å². The maximum atomic E-state index is 12.6. The fourth-order valence-electron chi connectivity index (χ4n) is 2.60. The molecule has 1 N–H and O–H groups in total. The molecule has 1 aliphatic heterocycles. The second kappa shape index (κ2) is 7.24. The van der Waals surface area contributed by atoms with E-state index in [-0.39, 0.29) is 9.10 Å². The summed E-state index contributed by atoms with van der Waals surface area (Å²) in [7, 11) is -7.27. The smallest absolute Gasteiger partial charge is 0.271 e. The van der Waals surface area contributed by atoms with Crippen molar-refractivity contribution in [2.45, 2.75) is 28.4 Å². The predicted molar refractivity (Wildman–Crippen MR) is 99.2 cm³/mol. The van der Waals surface area contributed by atoms with Crippen molar-refractivity contribution in [2.75, 3.05) is 17.8 Å². The fourth-order valence-corrected chi connectivity index (χ4v) is 6.66. The van der Waals surface area contributed by atoms with Gasteiger partial charge in [-0.25, -0.2) is 16.8 Å². The van der Waals surface area contributed by atoms with E-state index in [1.807, 2.05) is 0 Å². The molecule has 0 unspecified atom stereocenters. The molecule has 10 heteroatoms. The number of thiophene rings is 1. The van der Waals surface area contributed by atoms with E-state index in [1.165, 1.54) is 40.7 Å². The van der Waals surface area contributed by atoms with Crippen LogP contribution in [0.2, 0.25) is 4.34 Å². The van der Waals surface area contributed by atoms with Gasteiger partial charge in [-0.3, -0.25) is 4.72 Å². The molecule has 136 valence electrons. The van der Waals surface area contributed by atoms with Crippen molar-refractivity contribution >= 4 is 48.7 Å². The van der Waals surface area contributed by atoms with Crippen LogP contribution in [0.15, 0.2) is 45.5 Å².